The molecule has 0 amide bonds. The first-order chi connectivity index (χ1) is 9.45. The van der Waals surface area contributed by atoms with Gasteiger partial charge in [0.2, 0.25) is 0 Å². The average Bonchev–Trinajstić information content (AvgIpc) is 2.53. The summed E-state index contributed by atoms with van der Waals surface area (Å²) in [6.07, 6.45) is 0. The molecule has 0 heterocycles. The molecule has 0 fully saturated rings. The second kappa shape index (κ2) is 12.3. The smallest absolute Gasteiger partial charge is 0.0874 e. The van der Waals surface area contributed by atoms with Crippen LogP contribution in [0.4, 0.5) is 11.4 Å². The van der Waals surface area contributed by atoms with Crippen LogP contribution in [0.3, 0.4) is 0 Å². The van der Waals surface area contributed by atoms with E-state index in [4.69, 9.17) is 0 Å². The van der Waals surface area contributed by atoms with Crippen LogP contribution >= 0.6 is 0 Å². The zero-order chi connectivity index (χ0) is 14.3. The molecular weight excluding hydrogens is 234 g/mol. The zero-order valence-corrected chi connectivity index (χ0v) is 12.2. The van der Waals surface area contributed by atoms with Crippen LogP contribution in [-0.4, -0.2) is 0 Å². The Kier molecular flexibility index (Phi) is 10.9. The second-order valence-electron chi connectivity index (χ2n) is 3.01. The van der Waals surface area contributed by atoms with E-state index >= 15 is 0 Å². The molecule has 3 nitrogen and oxygen atoms in total. The van der Waals surface area contributed by atoms with Gasteiger partial charge >= 0.3 is 0 Å². The Labute approximate surface area is 116 Å². The molecule has 102 valence electrons. The first-order valence-corrected chi connectivity index (χ1v) is 6.72. The minimum Gasteiger partial charge on any atom is -0.260 e. The van der Waals surface area contributed by atoms with E-state index in [1.54, 1.807) is 0 Å². The second-order valence-corrected chi connectivity index (χ2v) is 3.01. The summed E-state index contributed by atoms with van der Waals surface area (Å²) in [6, 6.07) is 19.3. The SMILES string of the molecule is CC.CC.c1ccc(N=NNc2ccccc2)cc1. The number of benzene rings is 2. The molecule has 0 aliphatic rings. The third-order valence-corrected chi connectivity index (χ3v) is 1.87. The minimum atomic E-state index is 0.834. The summed E-state index contributed by atoms with van der Waals surface area (Å²) >= 11 is 0. The standard InChI is InChI=1S/C12H11N3.2C2H6/c1-3-7-11(8-4-1)13-15-14-12-9-5-2-6-10-12;2*1-2/h1-10H,(H,13,14);2*1-2H3. The predicted octanol–water partition coefficient (Wildman–Crippen LogP) is 5.85. The van der Waals surface area contributed by atoms with Crippen LogP contribution in [0.1, 0.15) is 27.7 Å². The van der Waals surface area contributed by atoms with Crippen molar-refractivity contribution >= 4 is 11.4 Å². The van der Waals surface area contributed by atoms with Gasteiger partial charge in [0.25, 0.3) is 0 Å². The normalized spacial score (nSPS) is 8.84. The van der Waals surface area contributed by atoms with E-state index in [9.17, 15) is 0 Å². The largest absolute Gasteiger partial charge is 0.260 e. The highest BCUT2D eigenvalue weighted by atomic mass is 15.4. The lowest BCUT2D eigenvalue weighted by atomic mass is 10.3. The maximum atomic E-state index is 4.02. The highest BCUT2D eigenvalue weighted by Gasteiger charge is 1.86. The summed E-state index contributed by atoms with van der Waals surface area (Å²) in [5.41, 5.74) is 4.61. The third-order valence-electron chi connectivity index (χ3n) is 1.87. The summed E-state index contributed by atoms with van der Waals surface area (Å²) in [7, 11) is 0. The van der Waals surface area contributed by atoms with Gasteiger partial charge < -0.3 is 0 Å². The van der Waals surface area contributed by atoms with E-state index in [2.05, 4.69) is 15.8 Å². The molecule has 1 N–H and O–H groups in total. The number of hydrogen-bond donors (Lipinski definition) is 1. The molecule has 0 saturated carbocycles. The van der Waals surface area contributed by atoms with E-state index in [-0.39, 0.29) is 0 Å². The third kappa shape index (κ3) is 7.71. The van der Waals surface area contributed by atoms with Crippen molar-refractivity contribution in [1.29, 1.82) is 0 Å². The van der Waals surface area contributed by atoms with Gasteiger partial charge in [-0.3, -0.25) is 5.43 Å². The van der Waals surface area contributed by atoms with Crippen LogP contribution in [0.5, 0.6) is 0 Å². The summed E-state index contributed by atoms with van der Waals surface area (Å²) in [6.45, 7) is 8.00. The molecule has 0 aromatic heterocycles. The highest BCUT2D eigenvalue weighted by Crippen LogP contribution is 2.11. The maximum absolute atomic E-state index is 4.02. The van der Waals surface area contributed by atoms with Gasteiger partial charge in [-0.2, -0.15) is 0 Å². The fourth-order valence-corrected chi connectivity index (χ4v) is 1.15. The Morgan fingerprint density at radius 1 is 0.684 bits per heavy atom. The van der Waals surface area contributed by atoms with Crippen molar-refractivity contribution in [3.8, 4) is 0 Å². The first-order valence-electron chi connectivity index (χ1n) is 6.72. The molecule has 2 rings (SSSR count). The molecule has 0 radical (unpaired) electrons. The Hall–Kier alpha value is -2.16. The number of rotatable bonds is 3. The molecule has 0 spiro atoms. The van der Waals surface area contributed by atoms with Gasteiger partial charge in [0.1, 0.15) is 0 Å². The average molecular weight is 257 g/mol. The molecule has 0 unspecified atom stereocenters. The van der Waals surface area contributed by atoms with Crippen molar-refractivity contribution < 1.29 is 0 Å². The van der Waals surface area contributed by atoms with E-state index < -0.39 is 0 Å². The maximum Gasteiger partial charge on any atom is 0.0874 e. The fourth-order valence-electron chi connectivity index (χ4n) is 1.15. The molecule has 3 heteroatoms. The van der Waals surface area contributed by atoms with Crippen LogP contribution in [0.25, 0.3) is 0 Å². The van der Waals surface area contributed by atoms with E-state index in [1.165, 1.54) is 0 Å². The Bertz CT molecular complexity index is 424. The zero-order valence-electron chi connectivity index (χ0n) is 12.2. The van der Waals surface area contributed by atoms with Gasteiger partial charge in [-0.1, -0.05) is 69.3 Å². The monoisotopic (exact) mass is 257 g/mol. The van der Waals surface area contributed by atoms with Crippen LogP contribution in [0.15, 0.2) is 71.0 Å². The summed E-state index contributed by atoms with van der Waals surface area (Å²) in [5.74, 6) is 0. The van der Waals surface area contributed by atoms with E-state index in [0.717, 1.165) is 11.4 Å². The van der Waals surface area contributed by atoms with Crippen molar-refractivity contribution in [3.63, 3.8) is 0 Å². The minimum absolute atomic E-state index is 0.834. The molecule has 2 aromatic carbocycles. The summed E-state index contributed by atoms with van der Waals surface area (Å²) in [5, 5.41) is 7.90. The molecule has 0 aliphatic carbocycles. The topological polar surface area (TPSA) is 36.8 Å². The van der Waals surface area contributed by atoms with Crippen molar-refractivity contribution in [2.45, 2.75) is 27.7 Å². The summed E-state index contributed by atoms with van der Waals surface area (Å²) < 4.78 is 0. The number of hydrogen-bond acceptors (Lipinski definition) is 2. The molecular formula is C16H23N3. The van der Waals surface area contributed by atoms with Crippen molar-refractivity contribution in [2.24, 2.45) is 10.3 Å². The Morgan fingerprint density at radius 2 is 1.16 bits per heavy atom. The molecule has 2 aromatic rings. The molecule has 0 bridgehead atoms. The molecule has 0 atom stereocenters. The fraction of sp³-hybridized carbons (Fsp3) is 0.250. The summed E-state index contributed by atoms with van der Waals surface area (Å²) in [4.78, 5) is 0. The van der Waals surface area contributed by atoms with Crippen molar-refractivity contribution in [3.05, 3.63) is 60.7 Å². The van der Waals surface area contributed by atoms with Gasteiger partial charge in [-0.15, -0.1) is 5.11 Å². The quantitative estimate of drug-likeness (QED) is 0.543. The highest BCUT2D eigenvalue weighted by molar-refractivity contribution is 5.41. The number of anilines is 1. The molecule has 19 heavy (non-hydrogen) atoms. The van der Waals surface area contributed by atoms with Crippen LogP contribution in [-0.2, 0) is 0 Å². The number of para-hydroxylation sites is 1. The van der Waals surface area contributed by atoms with Gasteiger partial charge in [-0.25, -0.2) is 0 Å². The lowest BCUT2D eigenvalue weighted by Gasteiger charge is -1.96. The lowest BCUT2D eigenvalue weighted by molar-refractivity contribution is 1.13. The van der Waals surface area contributed by atoms with Crippen molar-refractivity contribution in [2.75, 3.05) is 5.43 Å². The van der Waals surface area contributed by atoms with Gasteiger partial charge in [0, 0.05) is 0 Å². The van der Waals surface area contributed by atoms with E-state index in [0.29, 0.717) is 0 Å². The molecule has 0 aliphatic heterocycles. The molecule has 0 saturated heterocycles. The number of nitrogens with zero attached hydrogens (tertiary/aromatic N) is 2. The van der Waals surface area contributed by atoms with E-state index in [1.807, 2.05) is 88.4 Å². The first kappa shape index (κ1) is 16.8. The van der Waals surface area contributed by atoms with Gasteiger partial charge in [0.15, 0.2) is 0 Å². The van der Waals surface area contributed by atoms with Gasteiger partial charge in [0.05, 0.1) is 11.4 Å². The number of nitrogens with one attached hydrogen (secondary N) is 1. The lowest BCUT2D eigenvalue weighted by Crippen LogP contribution is -1.84. The Morgan fingerprint density at radius 3 is 1.68 bits per heavy atom. The van der Waals surface area contributed by atoms with Crippen LogP contribution in [0.2, 0.25) is 0 Å². The van der Waals surface area contributed by atoms with Crippen LogP contribution < -0.4 is 5.43 Å². The van der Waals surface area contributed by atoms with Crippen LogP contribution in [0, 0.1) is 0 Å². The van der Waals surface area contributed by atoms with Crippen molar-refractivity contribution in [1.82, 2.24) is 0 Å². The van der Waals surface area contributed by atoms with Gasteiger partial charge in [-0.05, 0) is 24.3 Å². The Balaban J connectivity index is 0.000000741. The predicted molar refractivity (Wildman–Crippen MR) is 83.7 cm³/mol.